The minimum absolute atomic E-state index is 0.440. The molecule has 0 aromatic carbocycles. The minimum atomic E-state index is -2.96. The quantitative estimate of drug-likeness (QED) is 0.102. The van der Waals surface area contributed by atoms with Crippen LogP contribution in [0.2, 0.25) is 0 Å². The van der Waals surface area contributed by atoms with Crippen LogP contribution in [0.4, 0.5) is 0 Å². The Hall–Kier alpha value is -1.89. The van der Waals surface area contributed by atoms with Crippen LogP contribution in [0.1, 0.15) is 38.5 Å². The molecule has 0 bridgehead atoms. The molecule has 0 aromatic rings. The predicted molar refractivity (Wildman–Crippen MR) is 253 cm³/mol. The Balaban J connectivity index is 1.43. The molecule has 7 heteroatoms. The third-order valence-electron chi connectivity index (χ3n) is 12.6. The zero-order valence-corrected chi connectivity index (χ0v) is 37.6. The molecule has 6 aliphatic carbocycles. The van der Waals surface area contributed by atoms with Crippen LogP contribution in [-0.4, -0.2) is 84.3 Å². The van der Waals surface area contributed by atoms with E-state index in [2.05, 4.69) is 186 Å². The molecule has 0 saturated heterocycles. The molecule has 0 aliphatic heterocycles. The van der Waals surface area contributed by atoms with Crippen molar-refractivity contribution in [3.63, 3.8) is 0 Å². The monoisotopic (exact) mass is 800 g/mol. The number of rotatable bonds is 18. The Morgan fingerprint density at radius 2 is 0.509 bits per heavy atom. The van der Waals surface area contributed by atoms with Crippen molar-refractivity contribution in [2.75, 3.05) is 77.0 Å². The summed E-state index contributed by atoms with van der Waals surface area (Å²) in [6, 6.07) is 0. The molecule has 6 aliphatic rings. The molecule has 0 amide bonds. The van der Waals surface area contributed by atoms with Gasteiger partial charge in [0.2, 0.25) is 0 Å². The molecule has 300 valence electrons. The summed E-state index contributed by atoms with van der Waals surface area (Å²) in [4.78, 5) is 0. The second-order valence-corrected chi connectivity index (χ2v) is 38.4. The SMILES string of the molecule is CP(C)(CC1C=CC=CC1)(CC1C=CC=CC1)OB(OP(C)(C)(CC1C=CC=CC1)CC1C=CC=CC1)OP(C)(C)(CC1C=CC=CC1)CC1C=CC=CC1. The van der Waals surface area contributed by atoms with E-state index in [1.807, 2.05) is 0 Å². The van der Waals surface area contributed by atoms with Crippen LogP contribution in [0.3, 0.4) is 0 Å². The fourth-order valence-electron chi connectivity index (χ4n) is 10.4. The van der Waals surface area contributed by atoms with Gasteiger partial charge in [0.05, 0.1) is 0 Å². The van der Waals surface area contributed by atoms with Crippen LogP contribution in [-0.2, 0) is 13.3 Å². The van der Waals surface area contributed by atoms with Gasteiger partial charge in [0.15, 0.2) is 0 Å². The summed E-state index contributed by atoms with van der Waals surface area (Å²) in [5.41, 5.74) is 0. The molecule has 6 atom stereocenters. The number of hydrogen-bond acceptors (Lipinski definition) is 3. The van der Waals surface area contributed by atoms with Crippen molar-refractivity contribution in [1.82, 2.24) is 0 Å². The summed E-state index contributed by atoms with van der Waals surface area (Å²) >= 11 is 0. The first-order valence-corrected chi connectivity index (χ1v) is 31.4. The first kappa shape index (κ1) is 42.7. The van der Waals surface area contributed by atoms with Gasteiger partial charge >= 0.3 is 338 Å². The number of hydrogen-bond donors (Lipinski definition) is 0. The topological polar surface area (TPSA) is 27.7 Å². The van der Waals surface area contributed by atoms with Gasteiger partial charge < -0.3 is 0 Å². The van der Waals surface area contributed by atoms with Crippen molar-refractivity contribution >= 4 is 27.8 Å². The molecule has 0 radical (unpaired) electrons. The van der Waals surface area contributed by atoms with Gasteiger partial charge in [0.1, 0.15) is 0 Å². The molecular weight excluding hydrogens is 728 g/mol. The molecule has 0 fully saturated rings. The second kappa shape index (κ2) is 17.5. The van der Waals surface area contributed by atoms with Gasteiger partial charge in [-0.25, -0.2) is 0 Å². The van der Waals surface area contributed by atoms with E-state index in [4.69, 9.17) is 13.3 Å². The van der Waals surface area contributed by atoms with E-state index in [0.717, 1.165) is 75.5 Å². The summed E-state index contributed by atoms with van der Waals surface area (Å²) in [5.74, 6) is 2.64. The normalized spacial score (nSPS) is 29.5. The third-order valence-corrected chi connectivity index (χ3v) is 24.9. The molecule has 6 unspecified atom stereocenters. The van der Waals surface area contributed by atoms with Gasteiger partial charge in [-0.05, 0) is 0 Å². The van der Waals surface area contributed by atoms with Gasteiger partial charge in [0.25, 0.3) is 0 Å². The summed E-state index contributed by atoms with van der Waals surface area (Å²) in [6.07, 6.45) is 67.6. The molecule has 0 N–H and O–H groups in total. The van der Waals surface area contributed by atoms with Gasteiger partial charge in [-0.3, -0.25) is 0 Å². The predicted octanol–water partition coefficient (Wildman–Crippen LogP) is 13.0. The Kier molecular flexibility index (Phi) is 13.6. The van der Waals surface area contributed by atoms with Gasteiger partial charge in [0, 0.05) is 0 Å². The number of allylic oxidation sites excluding steroid dienone is 24. The van der Waals surface area contributed by atoms with Crippen molar-refractivity contribution < 1.29 is 13.3 Å². The van der Waals surface area contributed by atoms with Crippen LogP contribution in [0.15, 0.2) is 146 Å². The summed E-state index contributed by atoms with van der Waals surface area (Å²) in [7, 11) is -0.739. The van der Waals surface area contributed by atoms with Crippen molar-refractivity contribution in [2.45, 2.75) is 38.5 Å². The first-order chi connectivity index (χ1) is 26.1. The molecule has 6 rings (SSSR count). The Bertz CT molecular complexity index is 1420. The van der Waals surface area contributed by atoms with Crippen LogP contribution in [0, 0.1) is 35.5 Å². The van der Waals surface area contributed by atoms with Gasteiger partial charge in [-0.15, -0.1) is 0 Å². The van der Waals surface area contributed by atoms with Crippen molar-refractivity contribution in [3.05, 3.63) is 146 Å². The van der Waals surface area contributed by atoms with Crippen LogP contribution >= 0.6 is 20.5 Å². The van der Waals surface area contributed by atoms with Crippen LogP contribution < -0.4 is 0 Å². The zero-order chi connectivity index (χ0) is 39.0. The van der Waals surface area contributed by atoms with E-state index in [-0.39, 0.29) is 0 Å². The molecule has 0 aromatic heterocycles. The van der Waals surface area contributed by atoms with Crippen molar-refractivity contribution in [2.24, 2.45) is 35.5 Å². The average molecular weight is 801 g/mol. The van der Waals surface area contributed by atoms with Gasteiger partial charge in [-0.2, -0.15) is 0 Å². The van der Waals surface area contributed by atoms with Crippen molar-refractivity contribution in [3.8, 4) is 0 Å². The van der Waals surface area contributed by atoms with E-state index in [9.17, 15) is 0 Å². The summed E-state index contributed by atoms with van der Waals surface area (Å²) in [6.45, 7) is 6.19. The van der Waals surface area contributed by atoms with Crippen molar-refractivity contribution in [1.29, 1.82) is 0 Å². The zero-order valence-electron chi connectivity index (χ0n) is 34.9. The molecule has 55 heavy (non-hydrogen) atoms. The Morgan fingerprint density at radius 3 is 0.655 bits per heavy atom. The molecule has 0 spiro atoms. The van der Waals surface area contributed by atoms with E-state index in [1.165, 1.54) is 0 Å². The summed E-state index contributed by atoms with van der Waals surface area (Å²) in [5, 5.41) is 0. The van der Waals surface area contributed by atoms with E-state index >= 15 is 0 Å². The Morgan fingerprint density at radius 1 is 0.327 bits per heavy atom. The van der Waals surface area contributed by atoms with E-state index in [0.29, 0.717) is 35.5 Å². The van der Waals surface area contributed by atoms with Crippen LogP contribution in [0.5, 0.6) is 0 Å². The third kappa shape index (κ3) is 13.1. The maximum atomic E-state index is 8.02. The second-order valence-electron chi connectivity index (χ2n) is 20.2. The molecular formula is C48H72BO3P3. The standard InChI is InChI=1S/C48H72BO3P3/c1-53(2,37-43-25-13-7-14-26-43,38-44-27-15-8-16-28-44)50-49(51-54(3,4,39-45-29-17-9-18-30-45)40-46-31-19-10-20-32-46)52-55(5,6,41-47-33-21-11-22-34-47)42-48-35-23-12-24-36-48/h7-25,27,29,31,33,35,43-48H,26,28,30,32,34,36-42H2,1-6H3. The fraction of sp³-hybridized carbons (Fsp3) is 0.500. The van der Waals surface area contributed by atoms with Gasteiger partial charge in [-0.1, -0.05) is 0 Å². The van der Waals surface area contributed by atoms with E-state index in [1.54, 1.807) is 0 Å². The average Bonchev–Trinajstić information content (AvgIpc) is 3.12. The molecule has 0 saturated carbocycles. The summed E-state index contributed by atoms with van der Waals surface area (Å²) < 4.78 is 24.1. The first-order valence-electron chi connectivity index (χ1n) is 21.2. The Labute approximate surface area is 336 Å². The molecule has 0 heterocycles. The maximum absolute atomic E-state index is 8.02. The van der Waals surface area contributed by atoms with Crippen LogP contribution in [0.25, 0.3) is 0 Å². The molecule has 3 nitrogen and oxygen atoms in total. The van der Waals surface area contributed by atoms with E-state index < -0.39 is 27.8 Å². The fourth-order valence-corrected chi connectivity index (χ4v) is 24.0.